The second kappa shape index (κ2) is 3.47. The van der Waals surface area contributed by atoms with Gasteiger partial charge in [-0.2, -0.15) is 8.42 Å². The molecule has 0 aliphatic carbocycles. The summed E-state index contributed by atoms with van der Waals surface area (Å²) < 4.78 is 30.4. The largest absolute Gasteiger partial charge is 0.397 e. The maximum absolute atomic E-state index is 10.8. The van der Waals surface area contributed by atoms with Crippen LogP contribution in [0.1, 0.15) is 0 Å². The van der Waals surface area contributed by atoms with Gasteiger partial charge in [0, 0.05) is 14.1 Å². The summed E-state index contributed by atoms with van der Waals surface area (Å²) >= 11 is 0. The molecule has 0 saturated carbocycles. The monoisotopic (exact) mass is 216 g/mol. The van der Waals surface area contributed by atoms with E-state index in [4.69, 9.17) is 10.3 Å². The average Bonchev–Trinajstić information content (AvgIpc) is 2.02. The number of nitrogens with two attached hydrogens (primary N) is 1. The third-order valence-corrected chi connectivity index (χ3v) is 2.63. The normalized spacial score (nSPS) is 11.4. The van der Waals surface area contributed by atoms with Crippen molar-refractivity contribution in [2.24, 2.45) is 0 Å². The standard InChI is InChI=1S/C8H12N2O3S/c1-10(2)8-5-6(14(11,12)13)3-4-7(8)9/h3-5H,9H2,1-2H3,(H,11,12,13). The van der Waals surface area contributed by atoms with Gasteiger partial charge in [-0.3, -0.25) is 4.55 Å². The smallest absolute Gasteiger partial charge is 0.294 e. The highest BCUT2D eigenvalue weighted by Gasteiger charge is 2.12. The number of nitrogen functional groups attached to an aromatic ring is 1. The molecular formula is C8H12N2O3S. The molecule has 1 aromatic carbocycles. The quantitative estimate of drug-likeness (QED) is 0.558. The maximum atomic E-state index is 10.8. The first-order valence-electron chi connectivity index (χ1n) is 3.86. The predicted octanol–water partition coefficient (Wildman–Crippen LogP) is 0.581. The molecule has 0 radical (unpaired) electrons. The summed E-state index contributed by atoms with van der Waals surface area (Å²) in [7, 11) is -0.687. The zero-order chi connectivity index (χ0) is 10.9. The van der Waals surface area contributed by atoms with Crippen LogP contribution in [0.5, 0.6) is 0 Å². The van der Waals surface area contributed by atoms with Gasteiger partial charge in [0.1, 0.15) is 0 Å². The van der Waals surface area contributed by atoms with Gasteiger partial charge in [-0.1, -0.05) is 0 Å². The summed E-state index contributed by atoms with van der Waals surface area (Å²) in [5, 5.41) is 0. The third-order valence-electron chi connectivity index (χ3n) is 1.78. The molecule has 0 heterocycles. The molecule has 0 atom stereocenters. The van der Waals surface area contributed by atoms with Gasteiger partial charge in [-0.05, 0) is 18.2 Å². The van der Waals surface area contributed by atoms with E-state index in [2.05, 4.69) is 0 Å². The van der Waals surface area contributed by atoms with Crippen molar-refractivity contribution in [1.29, 1.82) is 0 Å². The summed E-state index contributed by atoms with van der Waals surface area (Å²) in [6.45, 7) is 0. The topological polar surface area (TPSA) is 83.6 Å². The van der Waals surface area contributed by atoms with Crippen LogP contribution in [-0.4, -0.2) is 27.1 Å². The molecule has 5 nitrogen and oxygen atoms in total. The Labute approximate surface area is 82.9 Å². The Morgan fingerprint density at radius 2 is 1.93 bits per heavy atom. The molecule has 0 aromatic heterocycles. The second-order valence-corrected chi connectivity index (χ2v) is 4.51. The van der Waals surface area contributed by atoms with Gasteiger partial charge in [-0.15, -0.1) is 0 Å². The molecule has 0 aliphatic heterocycles. The van der Waals surface area contributed by atoms with Gasteiger partial charge < -0.3 is 10.6 Å². The van der Waals surface area contributed by atoms with Crippen molar-refractivity contribution in [2.75, 3.05) is 24.7 Å². The fraction of sp³-hybridized carbons (Fsp3) is 0.250. The summed E-state index contributed by atoms with van der Waals surface area (Å²) in [5.41, 5.74) is 6.63. The number of anilines is 2. The molecule has 1 rings (SSSR count). The summed E-state index contributed by atoms with van der Waals surface area (Å²) in [4.78, 5) is 1.51. The van der Waals surface area contributed by atoms with Crippen LogP contribution in [0.25, 0.3) is 0 Å². The molecule has 0 fully saturated rings. The minimum atomic E-state index is -4.16. The molecule has 1 aromatic rings. The van der Waals surface area contributed by atoms with E-state index in [0.29, 0.717) is 11.4 Å². The lowest BCUT2D eigenvalue weighted by Gasteiger charge is -2.15. The van der Waals surface area contributed by atoms with Gasteiger partial charge in [0.2, 0.25) is 0 Å². The van der Waals surface area contributed by atoms with Crippen LogP contribution in [0.15, 0.2) is 23.1 Å². The van der Waals surface area contributed by atoms with Crippen molar-refractivity contribution in [2.45, 2.75) is 4.90 Å². The van der Waals surface area contributed by atoms with E-state index in [1.165, 1.54) is 18.2 Å². The minimum absolute atomic E-state index is 0.157. The molecule has 3 N–H and O–H groups in total. The minimum Gasteiger partial charge on any atom is -0.397 e. The van der Waals surface area contributed by atoms with Crippen LogP contribution < -0.4 is 10.6 Å². The molecule has 0 unspecified atom stereocenters. The summed E-state index contributed by atoms with van der Waals surface area (Å²) in [6, 6.07) is 4.03. The Hall–Kier alpha value is -1.27. The molecule has 6 heteroatoms. The fourth-order valence-electron chi connectivity index (χ4n) is 1.07. The highest BCUT2D eigenvalue weighted by molar-refractivity contribution is 7.85. The first-order valence-corrected chi connectivity index (χ1v) is 5.30. The van der Waals surface area contributed by atoms with Crippen molar-refractivity contribution < 1.29 is 13.0 Å². The Kier molecular flexibility index (Phi) is 2.68. The lowest BCUT2D eigenvalue weighted by atomic mass is 10.2. The molecule has 0 spiro atoms. The zero-order valence-corrected chi connectivity index (χ0v) is 8.75. The van der Waals surface area contributed by atoms with Gasteiger partial charge in [0.25, 0.3) is 10.1 Å². The number of nitrogens with zero attached hydrogens (tertiary/aromatic N) is 1. The van der Waals surface area contributed by atoms with E-state index in [1.807, 2.05) is 0 Å². The maximum Gasteiger partial charge on any atom is 0.294 e. The Morgan fingerprint density at radius 1 is 1.36 bits per heavy atom. The van der Waals surface area contributed by atoms with Crippen molar-refractivity contribution in [3.63, 3.8) is 0 Å². The molecular weight excluding hydrogens is 204 g/mol. The zero-order valence-electron chi connectivity index (χ0n) is 7.93. The molecule has 0 aliphatic rings. The molecule has 14 heavy (non-hydrogen) atoms. The first-order chi connectivity index (χ1) is 6.32. The molecule has 0 bridgehead atoms. The number of hydrogen-bond donors (Lipinski definition) is 2. The second-order valence-electron chi connectivity index (χ2n) is 3.09. The lowest BCUT2D eigenvalue weighted by molar-refractivity contribution is 0.483. The number of hydrogen-bond acceptors (Lipinski definition) is 4. The van der Waals surface area contributed by atoms with Crippen molar-refractivity contribution in [1.82, 2.24) is 0 Å². The van der Waals surface area contributed by atoms with E-state index in [9.17, 15) is 8.42 Å². The Balaban J connectivity index is 3.34. The fourth-order valence-corrected chi connectivity index (χ4v) is 1.57. The van der Waals surface area contributed by atoms with Crippen LogP contribution in [0.4, 0.5) is 11.4 Å². The van der Waals surface area contributed by atoms with Gasteiger partial charge in [0.15, 0.2) is 0 Å². The average molecular weight is 216 g/mol. The highest BCUT2D eigenvalue weighted by Crippen LogP contribution is 2.24. The Morgan fingerprint density at radius 3 is 2.36 bits per heavy atom. The van der Waals surface area contributed by atoms with E-state index >= 15 is 0 Å². The summed E-state index contributed by atoms with van der Waals surface area (Å²) in [6.07, 6.45) is 0. The summed E-state index contributed by atoms with van der Waals surface area (Å²) in [5.74, 6) is 0. The predicted molar refractivity (Wildman–Crippen MR) is 55.0 cm³/mol. The molecule has 0 saturated heterocycles. The first kappa shape index (κ1) is 10.8. The third kappa shape index (κ3) is 2.15. The highest BCUT2D eigenvalue weighted by atomic mass is 32.2. The van der Waals surface area contributed by atoms with E-state index in [1.54, 1.807) is 19.0 Å². The van der Waals surface area contributed by atoms with Gasteiger partial charge in [-0.25, -0.2) is 0 Å². The van der Waals surface area contributed by atoms with E-state index in [0.717, 1.165) is 0 Å². The van der Waals surface area contributed by atoms with E-state index < -0.39 is 10.1 Å². The van der Waals surface area contributed by atoms with Gasteiger partial charge in [0.05, 0.1) is 16.3 Å². The number of rotatable bonds is 2. The number of benzene rings is 1. The van der Waals surface area contributed by atoms with Crippen molar-refractivity contribution in [3.8, 4) is 0 Å². The Bertz CT molecular complexity index is 440. The van der Waals surface area contributed by atoms with Crippen LogP contribution >= 0.6 is 0 Å². The van der Waals surface area contributed by atoms with Crippen LogP contribution in [0.2, 0.25) is 0 Å². The lowest BCUT2D eigenvalue weighted by Crippen LogP contribution is -2.12. The van der Waals surface area contributed by atoms with Crippen LogP contribution in [0.3, 0.4) is 0 Å². The van der Waals surface area contributed by atoms with Gasteiger partial charge >= 0.3 is 0 Å². The van der Waals surface area contributed by atoms with Crippen LogP contribution in [-0.2, 0) is 10.1 Å². The van der Waals surface area contributed by atoms with E-state index in [-0.39, 0.29) is 4.90 Å². The van der Waals surface area contributed by atoms with Crippen LogP contribution in [0, 0.1) is 0 Å². The van der Waals surface area contributed by atoms with Crippen molar-refractivity contribution in [3.05, 3.63) is 18.2 Å². The SMILES string of the molecule is CN(C)c1cc(S(=O)(=O)O)ccc1N. The van der Waals surface area contributed by atoms with Crippen molar-refractivity contribution >= 4 is 21.5 Å². The molecule has 0 amide bonds. The molecule has 78 valence electrons.